The van der Waals surface area contributed by atoms with Gasteiger partial charge < -0.3 is 9.32 Å². The molecule has 2 aliphatic heterocycles. The van der Waals surface area contributed by atoms with E-state index in [0.29, 0.717) is 0 Å². The average Bonchev–Trinajstić information content (AvgIpc) is 3.70. The van der Waals surface area contributed by atoms with Crippen LogP contribution in [0.15, 0.2) is 101 Å². The lowest BCUT2D eigenvalue weighted by molar-refractivity contribution is 0.188. The van der Waals surface area contributed by atoms with Crippen LogP contribution in [0, 0.1) is 13.8 Å². The molecule has 2 bridgehead atoms. The lowest BCUT2D eigenvalue weighted by atomic mass is 9.33. The van der Waals surface area contributed by atoms with E-state index in [2.05, 4.69) is 211 Å². The number of hydrogen-bond acceptors (Lipinski definition) is 3. The summed E-state index contributed by atoms with van der Waals surface area (Å²) in [5, 5.41) is 1.29. The largest absolute Gasteiger partial charge is 0.440 e. The fourth-order valence-corrected chi connectivity index (χ4v) is 15.3. The summed E-state index contributed by atoms with van der Waals surface area (Å²) >= 11 is 0. The first-order valence-corrected chi connectivity index (χ1v) is 27.7. The molecular weight excluding hydrogens is 872 g/mol. The normalized spacial score (nSPS) is 23.5. The highest BCUT2D eigenvalue weighted by molar-refractivity contribution is 7.01. The highest BCUT2D eigenvalue weighted by Crippen LogP contribution is 2.59. The third-order valence-electron chi connectivity index (χ3n) is 20.3. The van der Waals surface area contributed by atoms with Crippen molar-refractivity contribution in [1.29, 1.82) is 0 Å². The molecule has 0 unspecified atom stereocenters. The van der Waals surface area contributed by atoms with Crippen LogP contribution in [-0.4, -0.2) is 6.71 Å². The quantitative estimate of drug-likeness (QED) is 0.165. The van der Waals surface area contributed by atoms with Crippen molar-refractivity contribution < 1.29 is 4.42 Å². The third-order valence-corrected chi connectivity index (χ3v) is 20.3. The maximum atomic E-state index is 7.75. The lowest BCUT2D eigenvalue weighted by Gasteiger charge is -2.52. The van der Waals surface area contributed by atoms with Gasteiger partial charge in [-0.25, -0.2) is 0 Å². The van der Waals surface area contributed by atoms with Gasteiger partial charge in [-0.2, -0.15) is 0 Å². The number of nitrogens with zero attached hydrogens (tertiary/aromatic N) is 2. The molecule has 6 aromatic carbocycles. The van der Waals surface area contributed by atoms with Crippen molar-refractivity contribution in [3.05, 3.63) is 147 Å². The fourth-order valence-electron chi connectivity index (χ4n) is 15.3. The molecule has 1 saturated carbocycles. The van der Waals surface area contributed by atoms with E-state index in [9.17, 15) is 0 Å². The second-order valence-electron chi connectivity index (χ2n) is 28.2. The van der Waals surface area contributed by atoms with Gasteiger partial charge in [-0.3, -0.25) is 4.90 Å². The monoisotopic (exact) mass is 949 g/mol. The second kappa shape index (κ2) is 14.6. The Morgan fingerprint density at radius 3 is 1.58 bits per heavy atom. The molecule has 4 heteroatoms. The lowest BCUT2D eigenvalue weighted by Crippen LogP contribution is -2.61. The molecule has 3 heterocycles. The van der Waals surface area contributed by atoms with E-state index in [1.54, 1.807) is 5.56 Å². The van der Waals surface area contributed by atoms with Crippen LogP contribution in [0.25, 0.3) is 22.1 Å². The summed E-state index contributed by atoms with van der Waals surface area (Å²) < 4.78 is 7.75. The molecule has 0 N–H and O–H groups in total. The van der Waals surface area contributed by atoms with Crippen LogP contribution in [0.2, 0.25) is 0 Å². The van der Waals surface area contributed by atoms with E-state index in [-0.39, 0.29) is 44.6 Å². The van der Waals surface area contributed by atoms with E-state index in [4.69, 9.17) is 4.42 Å². The molecule has 5 aliphatic carbocycles. The summed E-state index contributed by atoms with van der Waals surface area (Å²) in [7, 11) is 0. The fraction of sp³-hybridized carbons (Fsp3) is 0.441. The first kappa shape index (κ1) is 46.3. The van der Waals surface area contributed by atoms with Crippen LogP contribution < -0.4 is 26.2 Å². The smallest absolute Gasteiger partial charge is 0.257 e. The molecule has 0 spiro atoms. The number of rotatable bonds is 3. The van der Waals surface area contributed by atoms with E-state index >= 15 is 0 Å². The molecule has 0 radical (unpaired) electrons. The number of benzene rings is 6. The number of furan rings is 1. The van der Waals surface area contributed by atoms with Gasteiger partial charge in [-0.1, -0.05) is 145 Å². The molecule has 1 aromatic heterocycles. The summed E-state index contributed by atoms with van der Waals surface area (Å²) in [5.74, 6) is 0.982. The topological polar surface area (TPSA) is 19.6 Å². The SMILES string of the molecule is Cc1cc(C(C)(C)C)cc(C)c1N1c2cc3c(cc2B2c4c(cc(-c5ccccc5)cc41)N(c1ccc4c(c1)C(C)(C)CCC4(C)C)c1oc4cc5c(cc4c12)C1(C)CCC5(C)CC1)C(C)(C)CCC3(C)C. The van der Waals surface area contributed by atoms with Crippen LogP contribution in [0.5, 0.6) is 0 Å². The molecule has 7 aromatic rings. The van der Waals surface area contributed by atoms with E-state index < -0.39 is 0 Å². The molecule has 72 heavy (non-hydrogen) atoms. The van der Waals surface area contributed by atoms with Crippen LogP contribution in [-0.2, 0) is 37.9 Å². The predicted molar refractivity (Wildman–Crippen MR) is 308 cm³/mol. The van der Waals surface area contributed by atoms with Crippen LogP contribution in [0.3, 0.4) is 0 Å². The van der Waals surface area contributed by atoms with Crippen molar-refractivity contribution >= 4 is 68.4 Å². The molecule has 368 valence electrons. The second-order valence-corrected chi connectivity index (χ2v) is 28.2. The van der Waals surface area contributed by atoms with Gasteiger partial charge in [-0.15, -0.1) is 0 Å². The first-order valence-electron chi connectivity index (χ1n) is 27.7. The van der Waals surface area contributed by atoms with Crippen molar-refractivity contribution in [3.8, 4) is 11.1 Å². The summed E-state index contributed by atoms with van der Waals surface area (Å²) in [6, 6.07) is 39.2. The Bertz CT molecular complexity index is 3450. The number of fused-ring (bicyclic) bond motifs is 10. The van der Waals surface area contributed by atoms with Crippen LogP contribution in [0.1, 0.15) is 191 Å². The summed E-state index contributed by atoms with van der Waals surface area (Å²) in [5.41, 5.74) is 27.4. The predicted octanol–water partition coefficient (Wildman–Crippen LogP) is 16.9. The Balaban J connectivity index is 1.20. The molecular formula is C68H77BN2O. The molecule has 3 nitrogen and oxygen atoms in total. The number of anilines is 6. The minimum Gasteiger partial charge on any atom is -0.440 e. The van der Waals surface area contributed by atoms with Gasteiger partial charge in [0.25, 0.3) is 6.71 Å². The van der Waals surface area contributed by atoms with Crippen LogP contribution >= 0.6 is 0 Å². The minimum absolute atomic E-state index is 0.0189. The highest BCUT2D eigenvalue weighted by Gasteiger charge is 2.52. The zero-order valence-electron chi connectivity index (χ0n) is 46.3. The van der Waals surface area contributed by atoms with Gasteiger partial charge in [0.2, 0.25) is 5.88 Å². The Hall–Kier alpha value is -5.48. The molecule has 0 amide bonds. The van der Waals surface area contributed by atoms with Gasteiger partial charge in [0.05, 0.1) is 5.69 Å². The molecule has 1 fully saturated rings. The van der Waals surface area contributed by atoms with Gasteiger partial charge in [0, 0.05) is 33.6 Å². The van der Waals surface area contributed by atoms with Crippen molar-refractivity contribution in [2.75, 3.05) is 9.80 Å². The van der Waals surface area contributed by atoms with E-state index in [1.807, 2.05) is 0 Å². The van der Waals surface area contributed by atoms with Crippen molar-refractivity contribution in [3.63, 3.8) is 0 Å². The summed E-state index contributed by atoms with van der Waals surface area (Å²) in [4.78, 5) is 5.32. The van der Waals surface area contributed by atoms with Crippen LogP contribution in [0.4, 0.5) is 34.3 Å². The first-order chi connectivity index (χ1) is 33.8. The molecule has 7 aliphatic rings. The zero-order chi connectivity index (χ0) is 50.6. The Kier molecular flexibility index (Phi) is 9.42. The van der Waals surface area contributed by atoms with Gasteiger partial charge in [0.15, 0.2) is 0 Å². The van der Waals surface area contributed by atoms with Gasteiger partial charge in [-0.05, 0) is 218 Å². The maximum Gasteiger partial charge on any atom is 0.257 e. The van der Waals surface area contributed by atoms with Crippen molar-refractivity contribution in [2.45, 2.75) is 193 Å². The zero-order valence-corrected chi connectivity index (χ0v) is 46.3. The third kappa shape index (κ3) is 6.41. The summed E-state index contributed by atoms with van der Waals surface area (Å²) in [6.45, 7) is 36.6. The van der Waals surface area contributed by atoms with Crippen molar-refractivity contribution in [2.24, 2.45) is 0 Å². The molecule has 0 atom stereocenters. The number of hydrogen-bond donors (Lipinski definition) is 0. The van der Waals surface area contributed by atoms with Gasteiger partial charge >= 0.3 is 0 Å². The maximum absolute atomic E-state index is 7.75. The Morgan fingerprint density at radius 1 is 0.472 bits per heavy atom. The molecule has 0 saturated heterocycles. The minimum atomic E-state index is -0.0607. The van der Waals surface area contributed by atoms with E-state index in [1.165, 1.54) is 138 Å². The van der Waals surface area contributed by atoms with E-state index in [0.717, 1.165) is 30.7 Å². The van der Waals surface area contributed by atoms with Crippen molar-refractivity contribution in [1.82, 2.24) is 0 Å². The standard InChI is InChI=1S/C68H77BN2O/c1-40-31-44(62(3,4)5)32-41(2)60(40)71-54-38-50-49(65(10,11)25-26-66(50,12)13)37-53(54)69-58-46-36-51-52(68(15)29-27-67(51,14)28-30-68)39-57(46)72-61(58)70(45-21-22-47-48(35-45)64(8,9)24-23-63(47,6)7)55-33-43(34-56(71)59(55)69)42-19-17-16-18-20-42/h16-22,31-39H,23-30H2,1-15H3. The Morgan fingerprint density at radius 2 is 1.00 bits per heavy atom. The molecule has 14 rings (SSSR count). The summed E-state index contributed by atoms with van der Waals surface area (Å²) in [6.07, 6.45) is 9.64. The number of aryl methyl sites for hydroxylation is 2. The van der Waals surface area contributed by atoms with Gasteiger partial charge in [0.1, 0.15) is 5.58 Å². The average molecular weight is 949 g/mol. The highest BCUT2D eigenvalue weighted by atomic mass is 16.4. The Labute approximate surface area is 431 Å².